The van der Waals surface area contributed by atoms with Crippen LogP contribution in [0.5, 0.6) is 17.2 Å². The molecule has 0 bridgehead atoms. The molecule has 0 aliphatic rings. The number of ether oxygens (including phenoxy) is 3. The summed E-state index contributed by atoms with van der Waals surface area (Å²) in [5, 5.41) is 5.42. The van der Waals surface area contributed by atoms with Crippen LogP contribution in [-0.4, -0.2) is 36.2 Å². The second kappa shape index (κ2) is 12.7. The highest BCUT2D eigenvalue weighted by Gasteiger charge is 2.20. The molecule has 7 nitrogen and oxygen atoms in total. The number of nitrogens with zero attached hydrogens (tertiary/aromatic N) is 3. The summed E-state index contributed by atoms with van der Waals surface area (Å²) < 4.78 is 19.0. The van der Waals surface area contributed by atoms with E-state index in [-0.39, 0.29) is 18.1 Å². The molecule has 0 N–H and O–H groups in total. The lowest BCUT2D eigenvalue weighted by Gasteiger charge is -2.17. The minimum atomic E-state index is -0.295. The minimum absolute atomic E-state index is 0.190. The lowest BCUT2D eigenvalue weighted by atomic mass is 9.96. The van der Waals surface area contributed by atoms with Crippen molar-refractivity contribution in [1.82, 2.24) is 9.66 Å². The van der Waals surface area contributed by atoms with Crippen LogP contribution in [0.4, 0.5) is 0 Å². The highest BCUT2D eigenvalue weighted by Crippen LogP contribution is 2.42. The van der Waals surface area contributed by atoms with Crippen molar-refractivity contribution < 1.29 is 14.2 Å². The van der Waals surface area contributed by atoms with E-state index in [0.29, 0.717) is 49.9 Å². The summed E-state index contributed by atoms with van der Waals surface area (Å²) in [6.07, 6.45) is 3.18. The number of hydrogen-bond donors (Lipinski definition) is 0. The van der Waals surface area contributed by atoms with Gasteiger partial charge in [0, 0.05) is 15.6 Å². The summed E-state index contributed by atoms with van der Waals surface area (Å²) >= 11 is 10.2. The Morgan fingerprint density at radius 3 is 2.60 bits per heavy atom. The molecule has 9 heteroatoms. The first kappa shape index (κ1) is 29.4. The molecular formula is C31H31BrClN3O4. The zero-order valence-electron chi connectivity index (χ0n) is 23.1. The highest BCUT2D eigenvalue weighted by atomic mass is 79.9. The van der Waals surface area contributed by atoms with Crippen LogP contribution in [0.25, 0.3) is 22.3 Å². The van der Waals surface area contributed by atoms with Crippen LogP contribution in [0.3, 0.4) is 0 Å². The Morgan fingerprint density at radius 1 is 1.18 bits per heavy atom. The third kappa shape index (κ3) is 5.78. The summed E-state index contributed by atoms with van der Waals surface area (Å²) in [5.41, 5.74) is 3.58. The van der Waals surface area contributed by atoms with Gasteiger partial charge in [0.15, 0.2) is 17.3 Å². The van der Waals surface area contributed by atoms with E-state index in [1.54, 1.807) is 37.6 Å². The van der Waals surface area contributed by atoms with Crippen molar-refractivity contribution in [1.29, 1.82) is 0 Å². The first-order valence-corrected chi connectivity index (χ1v) is 14.0. The van der Waals surface area contributed by atoms with E-state index >= 15 is 0 Å². The van der Waals surface area contributed by atoms with Crippen molar-refractivity contribution in [3.63, 3.8) is 0 Å². The van der Waals surface area contributed by atoms with Crippen molar-refractivity contribution >= 4 is 44.6 Å². The summed E-state index contributed by atoms with van der Waals surface area (Å²) in [6, 6.07) is 13.0. The van der Waals surface area contributed by atoms with Crippen molar-refractivity contribution in [2.75, 3.05) is 20.3 Å². The van der Waals surface area contributed by atoms with E-state index in [1.807, 2.05) is 38.1 Å². The zero-order chi connectivity index (χ0) is 29.0. The second-order valence-corrected chi connectivity index (χ2v) is 10.5. The van der Waals surface area contributed by atoms with Gasteiger partial charge in [-0.15, -0.1) is 0 Å². The fourth-order valence-electron chi connectivity index (χ4n) is 4.33. The number of para-hydroxylation sites is 1. The molecule has 0 aliphatic heterocycles. The molecule has 3 aromatic carbocycles. The molecule has 0 unspecified atom stereocenters. The number of hydrogen-bond acceptors (Lipinski definition) is 6. The monoisotopic (exact) mass is 623 g/mol. The summed E-state index contributed by atoms with van der Waals surface area (Å²) in [4.78, 5) is 18.7. The van der Waals surface area contributed by atoms with E-state index in [9.17, 15) is 4.79 Å². The Balaban J connectivity index is 1.96. The third-order valence-electron chi connectivity index (χ3n) is 6.31. The van der Waals surface area contributed by atoms with Gasteiger partial charge in [-0.05, 0) is 77.2 Å². The average Bonchev–Trinajstić information content (AvgIpc) is 2.94. The molecular weight excluding hydrogens is 594 g/mol. The number of aryl methyl sites for hydroxylation is 1. The molecule has 0 saturated heterocycles. The SMILES string of the molecule is C=CCOc1c(OCC)cc(C=Nn2c(-c3cc(C(C)C)c(OC)cc3C)nc3ccccc3c2=O)c(Br)c1Cl. The fraction of sp³-hybridized carbons (Fsp3) is 0.258. The largest absolute Gasteiger partial charge is 0.496 e. The Kier molecular flexibility index (Phi) is 9.32. The van der Waals surface area contributed by atoms with Crippen LogP contribution in [0.15, 0.2) is 69.5 Å². The minimum Gasteiger partial charge on any atom is -0.496 e. The molecule has 0 aliphatic carbocycles. The molecule has 0 saturated carbocycles. The predicted octanol–water partition coefficient (Wildman–Crippen LogP) is 7.77. The van der Waals surface area contributed by atoms with Gasteiger partial charge in [0.25, 0.3) is 5.56 Å². The molecule has 208 valence electrons. The maximum Gasteiger partial charge on any atom is 0.282 e. The van der Waals surface area contributed by atoms with Crippen LogP contribution >= 0.6 is 27.5 Å². The number of fused-ring (bicyclic) bond motifs is 1. The zero-order valence-corrected chi connectivity index (χ0v) is 25.5. The van der Waals surface area contributed by atoms with Crippen molar-refractivity contribution in [3.05, 3.63) is 91.7 Å². The van der Waals surface area contributed by atoms with Gasteiger partial charge in [-0.2, -0.15) is 9.78 Å². The number of rotatable bonds is 10. The van der Waals surface area contributed by atoms with Crippen LogP contribution < -0.4 is 19.8 Å². The molecule has 0 atom stereocenters. The van der Waals surface area contributed by atoms with Gasteiger partial charge in [-0.1, -0.05) is 50.2 Å². The quantitative estimate of drug-likeness (QED) is 0.133. The van der Waals surface area contributed by atoms with E-state index in [2.05, 4.69) is 41.5 Å². The van der Waals surface area contributed by atoms with E-state index in [1.165, 1.54) is 4.68 Å². The first-order valence-electron chi connectivity index (χ1n) is 12.8. The van der Waals surface area contributed by atoms with E-state index < -0.39 is 0 Å². The third-order valence-corrected chi connectivity index (χ3v) is 7.75. The summed E-state index contributed by atoms with van der Waals surface area (Å²) in [6.45, 7) is 12.4. The van der Waals surface area contributed by atoms with Gasteiger partial charge in [0.1, 0.15) is 17.4 Å². The van der Waals surface area contributed by atoms with Gasteiger partial charge in [0.05, 0.1) is 30.8 Å². The summed E-state index contributed by atoms with van der Waals surface area (Å²) in [7, 11) is 1.65. The van der Waals surface area contributed by atoms with Gasteiger partial charge >= 0.3 is 0 Å². The predicted molar refractivity (Wildman–Crippen MR) is 166 cm³/mol. The van der Waals surface area contributed by atoms with Gasteiger partial charge in [-0.3, -0.25) is 4.79 Å². The molecule has 0 radical (unpaired) electrons. The fourth-order valence-corrected chi connectivity index (χ4v) is 4.98. The molecule has 0 spiro atoms. The Labute approximate surface area is 247 Å². The molecule has 1 aromatic heterocycles. The van der Waals surface area contributed by atoms with Crippen LogP contribution in [0.2, 0.25) is 5.02 Å². The number of halogens is 2. The first-order chi connectivity index (χ1) is 19.2. The van der Waals surface area contributed by atoms with E-state index in [0.717, 1.165) is 22.4 Å². The van der Waals surface area contributed by atoms with Crippen LogP contribution in [0, 0.1) is 6.92 Å². The topological polar surface area (TPSA) is 74.9 Å². The van der Waals surface area contributed by atoms with Gasteiger partial charge in [0.2, 0.25) is 0 Å². The smallest absolute Gasteiger partial charge is 0.282 e. The van der Waals surface area contributed by atoms with Crippen LogP contribution in [0.1, 0.15) is 43.4 Å². The Bertz CT molecular complexity index is 1660. The maximum atomic E-state index is 13.8. The number of benzene rings is 3. The Hall–Kier alpha value is -3.62. The summed E-state index contributed by atoms with van der Waals surface area (Å²) in [5.74, 6) is 2.24. The molecule has 0 fully saturated rings. The average molecular weight is 625 g/mol. The lowest BCUT2D eigenvalue weighted by Crippen LogP contribution is -2.21. The van der Waals surface area contributed by atoms with Crippen molar-refractivity contribution in [2.24, 2.45) is 5.10 Å². The molecule has 4 rings (SSSR count). The molecule has 4 aromatic rings. The molecule has 40 heavy (non-hydrogen) atoms. The van der Waals surface area contributed by atoms with Gasteiger partial charge in [-0.25, -0.2) is 4.98 Å². The van der Waals surface area contributed by atoms with E-state index in [4.69, 9.17) is 30.8 Å². The number of methoxy groups -OCH3 is 1. The lowest BCUT2D eigenvalue weighted by molar-refractivity contribution is 0.297. The maximum absolute atomic E-state index is 13.8. The van der Waals surface area contributed by atoms with Crippen LogP contribution in [-0.2, 0) is 0 Å². The van der Waals surface area contributed by atoms with Crippen molar-refractivity contribution in [2.45, 2.75) is 33.6 Å². The second-order valence-electron chi connectivity index (χ2n) is 9.33. The van der Waals surface area contributed by atoms with Gasteiger partial charge < -0.3 is 14.2 Å². The standard InChI is InChI=1S/C31H31BrClN3O4/c1-7-13-40-29-26(39-8-2)15-20(27(32)28(29)33)17-34-36-30(35-24-12-10-9-11-21(24)31(36)37)23-16-22(18(3)4)25(38-6)14-19(23)5/h7,9-12,14-18H,1,8,13H2,2-6H3. The van der Waals surface area contributed by atoms with Crippen molar-refractivity contribution in [3.8, 4) is 28.6 Å². The number of aromatic nitrogens is 2. The highest BCUT2D eigenvalue weighted by molar-refractivity contribution is 9.10. The molecule has 1 heterocycles. The Morgan fingerprint density at radius 2 is 1.93 bits per heavy atom. The molecule has 0 amide bonds. The normalized spacial score (nSPS) is 11.4.